The van der Waals surface area contributed by atoms with Gasteiger partial charge in [0.15, 0.2) is 5.96 Å². The first-order chi connectivity index (χ1) is 10.2. The molecule has 0 aromatic carbocycles. The largest absolute Gasteiger partial charge is 0.356 e. The van der Waals surface area contributed by atoms with E-state index in [-0.39, 0.29) is 24.0 Å². The Labute approximate surface area is 157 Å². The highest BCUT2D eigenvalue weighted by Crippen LogP contribution is 2.14. The predicted octanol–water partition coefficient (Wildman–Crippen LogP) is 3.74. The third-order valence-electron chi connectivity index (χ3n) is 2.98. The van der Waals surface area contributed by atoms with Crippen LogP contribution in [0.5, 0.6) is 0 Å². The molecule has 2 rings (SSSR count). The summed E-state index contributed by atoms with van der Waals surface area (Å²) in [6, 6.07) is 4.30. The molecule has 2 N–H and O–H groups in total. The number of halogens is 1. The lowest BCUT2D eigenvalue weighted by molar-refractivity contribution is 0.740. The van der Waals surface area contributed by atoms with E-state index in [2.05, 4.69) is 45.0 Å². The molecule has 122 valence electrons. The average Bonchev–Trinajstić information content (AvgIpc) is 3.07. The van der Waals surface area contributed by atoms with Crippen molar-refractivity contribution < 1.29 is 0 Å². The molecule has 0 aliphatic heterocycles. The Morgan fingerprint density at radius 1 is 1.27 bits per heavy atom. The molecule has 0 atom stereocenters. The van der Waals surface area contributed by atoms with Gasteiger partial charge in [0.2, 0.25) is 0 Å². The topological polar surface area (TPSA) is 49.3 Å². The molecule has 0 saturated carbocycles. The highest BCUT2D eigenvalue weighted by molar-refractivity contribution is 14.0. The molecule has 0 fully saturated rings. The summed E-state index contributed by atoms with van der Waals surface area (Å²) >= 11 is 3.56. The first kappa shape index (κ1) is 19.4. The van der Waals surface area contributed by atoms with Crippen molar-refractivity contribution in [1.29, 1.82) is 0 Å². The molecule has 0 unspecified atom stereocenters. The van der Waals surface area contributed by atoms with Crippen LogP contribution in [0.25, 0.3) is 0 Å². The molecule has 0 radical (unpaired) electrons. The summed E-state index contributed by atoms with van der Waals surface area (Å²) in [6.07, 6.45) is 2.08. The number of aliphatic imine (C=N–C) groups is 1. The third kappa shape index (κ3) is 6.62. The van der Waals surface area contributed by atoms with Crippen LogP contribution < -0.4 is 10.6 Å². The van der Waals surface area contributed by atoms with Gasteiger partial charge in [0.1, 0.15) is 0 Å². The van der Waals surface area contributed by atoms with Crippen molar-refractivity contribution in [2.75, 3.05) is 13.6 Å². The fourth-order valence-electron chi connectivity index (χ4n) is 1.94. The van der Waals surface area contributed by atoms with Crippen LogP contribution in [-0.4, -0.2) is 24.5 Å². The van der Waals surface area contributed by atoms with Crippen molar-refractivity contribution in [3.05, 3.63) is 38.0 Å². The Morgan fingerprint density at radius 3 is 2.68 bits per heavy atom. The molecule has 0 saturated heterocycles. The molecule has 2 aromatic rings. The quantitative estimate of drug-likeness (QED) is 0.305. The van der Waals surface area contributed by atoms with Gasteiger partial charge >= 0.3 is 0 Å². The van der Waals surface area contributed by atoms with Gasteiger partial charge in [-0.3, -0.25) is 4.99 Å². The summed E-state index contributed by atoms with van der Waals surface area (Å²) in [5.74, 6) is 0.858. The number of guanidine groups is 1. The summed E-state index contributed by atoms with van der Waals surface area (Å²) in [6.45, 7) is 5.89. The Balaban J connectivity index is 0.00000242. The lowest BCUT2D eigenvalue weighted by atomic mass is 10.3. The van der Waals surface area contributed by atoms with Gasteiger partial charge in [-0.15, -0.1) is 46.7 Å². The number of hydrogen-bond donors (Lipinski definition) is 2. The van der Waals surface area contributed by atoms with Crippen LogP contribution in [0.2, 0.25) is 0 Å². The maximum atomic E-state index is 4.47. The van der Waals surface area contributed by atoms with Gasteiger partial charge in [-0.25, -0.2) is 4.98 Å². The minimum absolute atomic E-state index is 0. The molecular weight excluding hydrogens is 427 g/mol. The smallest absolute Gasteiger partial charge is 0.191 e. The number of aryl methyl sites for hydroxylation is 3. The molecule has 0 spiro atoms. The van der Waals surface area contributed by atoms with Crippen molar-refractivity contribution in [3.8, 4) is 0 Å². The van der Waals surface area contributed by atoms with Gasteiger partial charge in [-0.05, 0) is 32.4 Å². The number of thiazole rings is 1. The van der Waals surface area contributed by atoms with Crippen molar-refractivity contribution >= 4 is 52.6 Å². The monoisotopic (exact) mass is 450 g/mol. The molecular formula is C15H23IN4S2. The minimum Gasteiger partial charge on any atom is -0.356 e. The second kappa shape index (κ2) is 10.2. The van der Waals surface area contributed by atoms with E-state index in [1.165, 1.54) is 14.8 Å². The van der Waals surface area contributed by atoms with Crippen LogP contribution in [0, 0.1) is 13.8 Å². The first-order valence-electron chi connectivity index (χ1n) is 7.08. The summed E-state index contributed by atoms with van der Waals surface area (Å²) in [5, 5.41) is 10.00. The van der Waals surface area contributed by atoms with E-state index in [0.29, 0.717) is 0 Å². The fourth-order valence-corrected chi connectivity index (χ4v) is 3.58. The van der Waals surface area contributed by atoms with E-state index in [0.717, 1.165) is 37.6 Å². The Hall–Kier alpha value is -0.670. The molecule has 7 heteroatoms. The van der Waals surface area contributed by atoms with Gasteiger partial charge in [0.25, 0.3) is 0 Å². The van der Waals surface area contributed by atoms with Crippen molar-refractivity contribution in [2.45, 2.75) is 33.2 Å². The zero-order valence-electron chi connectivity index (χ0n) is 13.2. The van der Waals surface area contributed by atoms with Crippen LogP contribution in [0.1, 0.15) is 26.9 Å². The van der Waals surface area contributed by atoms with Gasteiger partial charge in [-0.2, -0.15) is 0 Å². The van der Waals surface area contributed by atoms with Gasteiger partial charge in [0.05, 0.1) is 11.6 Å². The van der Waals surface area contributed by atoms with Crippen LogP contribution in [0.4, 0.5) is 0 Å². The lowest BCUT2D eigenvalue weighted by Crippen LogP contribution is -2.37. The van der Waals surface area contributed by atoms with Crippen LogP contribution in [-0.2, 0) is 13.0 Å². The Morgan fingerprint density at radius 2 is 2.09 bits per heavy atom. The minimum atomic E-state index is 0. The first-order valence-corrected chi connectivity index (χ1v) is 8.78. The normalized spacial score (nSPS) is 11.1. The predicted molar refractivity (Wildman–Crippen MR) is 108 cm³/mol. The summed E-state index contributed by atoms with van der Waals surface area (Å²) in [4.78, 5) is 11.4. The SMILES string of the molecule is CN=C(NCCCc1nc(C)cs1)NCc1ccc(C)s1.I. The molecule has 0 aliphatic carbocycles. The maximum Gasteiger partial charge on any atom is 0.191 e. The van der Waals surface area contributed by atoms with Gasteiger partial charge < -0.3 is 10.6 Å². The Kier molecular flexibility index (Phi) is 8.96. The van der Waals surface area contributed by atoms with E-state index < -0.39 is 0 Å². The molecule has 4 nitrogen and oxygen atoms in total. The zero-order chi connectivity index (χ0) is 15.1. The summed E-state index contributed by atoms with van der Waals surface area (Å²) < 4.78 is 0. The fraction of sp³-hybridized carbons (Fsp3) is 0.467. The Bertz CT molecular complexity index is 592. The highest BCUT2D eigenvalue weighted by atomic mass is 127. The molecule has 2 aromatic heterocycles. The number of thiophene rings is 1. The number of aromatic nitrogens is 1. The van der Waals surface area contributed by atoms with Crippen molar-refractivity contribution in [2.24, 2.45) is 4.99 Å². The lowest BCUT2D eigenvalue weighted by Gasteiger charge is -2.10. The van der Waals surface area contributed by atoms with E-state index in [4.69, 9.17) is 0 Å². The third-order valence-corrected chi connectivity index (χ3v) is 5.00. The number of rotatable bonds is 6. The maximum absolute atomic E-state index is 4.47. The molecule has 22 heavy (non-hydrogen) atoms. The van der Waals surface area contributed by atoms with E-state index in [1.807, 2.05) is 18.3 Å². The zero-order valence-corrected chi connectivity index (χ0v) is 17.1. The van der Waals surface area contributed by atoms with E-state index >= 15 is 0 Å². The van der Waals surface area contributed by atoms with Crippen LogP contribution >= 0.6 is 46.7 Å². The molecule has 0 aliphatic rings. The molecule has 0 bridgehead atoms. The second-order valence-corrected chi connectivity index (χ2v) is 7.17. The second-order valence-electron chi connectivity index (χ2n) is 4.85. The summed E-state index contributed by atoms with van der Waals surface area (Å²) in [7, 11) is 1.80. The van der Waals surface area contributed by atoms with E-state index in [1.54, 1.807) is 18.4 Å². The van der Waals surface area contributed by atoms with Crippen molar-refractivity contribution in [1.82, 2.24) is 15.6 Å². The number of hydrogen-bond acceptors (Lipinski definition) is 4. The van der Waals surface area contributed by atoms with E-state index in [9.17, 15) is 0 Å². The average molecular weight is 450 g/mol. The number of nitrogens with one attached hydrogen (secondary N) is 2. The van der Waals surface area contributed by atoms with Gasteiger partial charge in [-0.1, -0.05) is 0 Å². The number of nitrogens with zero attached hydrogens (tertiary/aromatic N) is 2. The summed E-state index contributed by atoms with van der Waals surface area (Å²) in [5.41, 5.74) is 1.12. The molecule has 2 heterocycles. The standard InChI is InChI=1S/C15H22N4S2.HI/c1-11-10-20-14(19-11)5-4-8-17-15(16-3)18-9-13-7-6-12(2)21-13;/h6-7,10H,4-5,8-9H2,1-3H3,(H2,16,17,18);1H. The molecule has 0 amide bonds. The highest BCUT2D eigenvalue weighted by Gasteiger charge is 2.01. The van der Waals surface area contributed by atoms with Gasteiger partial charge in [0, 0.05) is 40.8 Å². The van der Waals surface area contributed by atoms with Crippen LogP contribution in [0.15, 0.2) is 22.5 Å². The van der Waals surface area contributed by atoms with Crippen LogP contribution in [0.3, 0.4) is 0 Å². The van der Waals surface area contributed by atoms with Crippen molar-refractivity contribution in [3.63, 3.8) is 0 Å².